The second kappa shape index (κ2) is 8.24. The lowest BCUT2D eigenvalue weighted by Crippen LogP contribution is -2.00. The largest absolute Gasteiger partial charge is 0.361 e. The highest BCUT2D eigenvalue weighted by molar-refractivity contribution is 7.99. The van der Waals surface area contributed by atoms with Crippen LogP contribution in [0.5, 0.6) is 0 Å². The van der Waals surface area contributed by atoms with Gasteiger partial charge in [0.1, 0.15) is 0 Å². The van der Waals surface area contributed by atoms with E-state index in [1.807, 2.05) is 6.08 Å². The molecule has 4 heteroatoms. The van der Waals surface area contributed by atoms with Gasteiger partial charge < -0.3 is 5.53 Å². The summed E-state index contributed by atoms with van der Waals surface area (Å²) in [6.07, 6.45) is 4.05. The molecule has 0 aliphatic heterocycles. The van der Waals surface area contributed by atoms with E-state index in [2.05, 4.69) is 11.4 Å². The first-order valence-corrected chi connectivity index (χ1v) is 4.85. The average molecular weight is 184 g/mol. The quantitative estimate of drug-likeness (QED) is 0.198. The summed E-state index contributed by atoms with van der Waals surface area (Å²) >= 11 is 1.74. The Morgan fingerprint density at radius 3 is 3.00 bits per heavy atom. The van der Waals surface area contributed by atoms with Gasteiger partial charge in [-0.3, -0.25) is 4.79 Å². The summed E-state index contributed by atoms with van der Waals surface area (Å²) in [7, 11) is 0. The zero-order valence-electron chi connectivity index (χ0n) is 6.90. The first kappa shape index (κ1) is 11.1. The van der Waals surface area contributed by atoms with Gasteiger partial charge in [0.15, 0.2) is 0 Å². The van der Waals surface area contributed by atoms with Crippen LogP contribution in [-0.4, -0.2) is 28.3 Å². The van der Waals surface area contributed by atoms with Crippen LogP contribution in [0.1, 0.15) is 12.8 Å². The van der Waals surface area contributed by atoms with Crippen molar-refractivity contribution in [3.8, 4) is 0 Å². The first-order chi connectivity index (χ1) is 5.81. The topological polar surface area (TPSA) is 53.5 Å². The summed E-state index contributed by atoms with van der Waals surface area (Å²) in [5, 5.41) is 0. The molecule has 0 unspecified atom stereocenters. The van der Waals surface area contributed by atoms with Crippen molar-refractivity contribution in [1.29, 1.82) is 0 Å². The number of thioether (sulfide) groups is 1. The Kier molecular flexibility index (Phi) is 7.65. The second-order valence-electron chi connectivity index (χ2n) is 2.18. The van der Waals surface area contributed by atoms with Gasteiger partial charge in [-0.05, 0) is 12.2 Å². The van der Waals surface area contributed by atoms with Crippen LogP contribution < -0.4 is 0 Å². The van der Waals surface area contributed by atoms with E-state index in [1.54, 1.807) is 11.8 Å². The third-order valence-electron chi connectivity index (χ3n) is 1.15. The van der Waals surface area contributed by atoms with Crippen molar-refractivity contribution in [1.82, 2.24) is 0 Å². The maximum Gasteiger partial charge on any atom is 0.323 e. The maximum atomic E-state index is 10.7. The van der Waals surface area contributed by atoms with Gasteiger partial charge in [0.05, 0.1) is 0 Å². The molecule has 0 aromatic carbocycles. The Morgan fingerprint density at radius 2 is 2.42 bits per heavy atom. The van der Waals surface area contributed by atoms with Crippen LogP contribution in [0.3, 0.4) is 0 Å². The molecule has 0 radical (unpaired) electrons. The van der Waals surface area contributed by atoms with E-state index in [0.29, 0.717) is 6.42 Å². The number of ketones is 1. The van der Waals surface area contributed by atoms with Crippen molar-refractivity contribution in [3.05, 3.63) is 18.2 Å². The van der Waals surface area contributed by atoms with Crippen LogP contribution in [0.25, 0.3) is 5.53 Å². The van der Waals surface area contributed by atoms with Crippen molar-refractivity contribution >= 4 is 23.8 Å². The Bertz CT molecular complexity index is 197. The van der Waals surface area contributed by atoms with Crippen molar-refractivity contribution in [2.24, 2.45) is 0 Å². The zero-order valence-corrected chi connectivity index (χ0v) is 7.72. The molecule has 0 atom stereocenters. The van der Waals surface area contributed by atoms with Crippen LogP contribution >= 0.6 is 11.8 Å². The molecule has 0 aliphatic carbocycles. The molecule has 0 heterocycles. The number of rotatable bonds is 7. The fourth-order valence-corrected chi connectivity index (χ4v) is 1.33. The fourth-order valence-electron chi connectivity index (χ4n) is 0.644. The minimum atomic E-state index is -0.128. The van der Waals surface area contributed by atoms with Crippen LogP contribution in [0.4, 0.5) is 0 Å². The van der Waals surface area contributed by atoms with Gasteiger partial charge in [-0.1, -0.05) is 6.08 Å². The molecule has 0 saturated heterocycles. The molecule has 66 valence electrons. The number of hydrogen-bond donors (Lipinski definition) is 0. The molecule has 0 spiro atoms. The van der Waals surface area contributed by atoms with E-state index in [4.69, 9.17) is 5.53 Å². The lowest BCUT2D eigenvalue weighted by molar-refractivity contribution is -0.116. The third-order valence-corrected chi connectivity index (χ3v) is 2.20. The molecule has 0 bridgehead atoms. The van der Waals surface area contributed by atoms with Crippen LogP contribution in [0.2, 0.25) is 0 Å². The lowest BCUT2D eigenvalue weighted by Gasteiger charge is -1.93. The number of carbonyl (C=O) groups excluding carboxylic acids is 1. The SMILES string of the molecule is C=CCSCCCC(=O)C=[N+]=[N-]. The highest BCUT2D eigenvalue weighted by Crippen LogP contribution is 2.03. The van der Waals surface area contributed by atoms with Gasteiger partial charge in [0, 0.05) is 12.2 Å². The molecule has 0 fully saturated rings. The molecule has 0 amide bonds. The van der Waals surface area contributed by atoms with Gasteiger partial charge >= 0.3 is 6.21 Å². The molecule has 0 aromatic heterocycles. The number of Topliss-reactive ketones (excluding diaryl/α,β-unsaturated/α-hetero) is 1. The molecule has 0 saturated carbocycles. The standard InChI is InChI=1S/C8H12N2OS/c1-2-5-12-6-3-4-8(11)7-10-9/h2,7H,1,3-6H2. The summed E-state index contributed by atoms with van der Waals surface area (Å²) in [6.45, 7) is 3.58. The van der Waals surface area contributed by atoms with E-state index in [1.165, 1.54) is 0 Å². The maximum absolute atomic E-state index is 10.7. The Morgan fingerprint density at radius 1 is 1.67 bits per heavy atom. The molecule has 0 N–H and O–H groups in total. The molecule has 0 rings (SSSR count). The first-order valence-electron chi connectivity index (χ1n) is 3.70. The lowest BCUT2D eigenvalue weighted by atomic mass is 10.2. The minimum absolute atomic E-state index is 0.128. The van der Waals surface area contributed by atoms with Crippen molar-refractivity contribution in [2.75, 3.05) is 11.5 Å². The van der Waals surface area contributed by atoms with Crippen LogP contribution in [0.15, 0.2) is 12.7 Å². The van der Waals surface area contributed by atoms with Crippen LogP contribution in [-0.2, 0) is 4.79 Å². The minimum Gasteiger partial charge on any atom is -0.361 e. The summed E-state index contributed by atoms with van der Waals surface area (Å²) < 4.78 is 0. The van der Waals surface area contributed by atoms with Gasteiger partial charge in [0.2, 0.25) is 5.78 Å². The van der Waals surface area contributed by atoms with E-state index < -0.39 is 0 Å². The van der Waals surface area contributed by atoms with Gasteiger partial charge in [0.25, 0.3) is 0 Å². The van der Waals surface area contributed by atoms with Gasteiger partial charge in [-0.15, -0.1) is 6.58 Å². The highest BCUT2D eigenvalue weighted by Gasteiger charge is 2.00. The third kappa shape index (κ3) is 7.25. The molecule has 0 aromatic rings. The number of carbonyl (C=O) groups is 1. The zero-order chi connectivity index (χ0) is 9.23. The molecule has 3 nitrogen and oxygen atoms in total. The second-order valence-corrected chi connectivity index (χ2v) is 3.33. The molecular weight excluding hydrogens is 172 g/mol. The predicted octanol–water partition coefficient (Wildman–Crippen LogP) is 1.56. The normalized spacial score (nSPS) is 8.67. The summed E-state index contributed by atoms with van der Waals surface area (Å²) in [5.41, 5.74) is 8.01. The average Bonchev–Trinajstić information content (AvgIpc) is 2.05. The Labute approximate surface area is 76.5 Å². The van der Waals surface area contributed by atoms with Gasteiger partial charge in [-0.25, -0.2) is 0 Å². The van der Waals surface area contributed by atoms with E-state index in [0.717, 1.165) is 24.1 Å². The smallest absolute Gasteiger partial charge is 0.323 e. The van der Waals surface area contributed by atoms with E-state index in [-0.39, 0.29) is 5.78 Å². The Hall–Kier alpha value is -0.860. The van der Waals surface area contributed by atoms with Gasteiger partial charge in [-0.2, -0.15) is 16.6 Å². The summed E-state index contributed by atoms with van der Waals surface area (Å²) in [4.78, 5) is 13.4. The van der Waals surface area contributed by atoms with E-state index in [9.17, 15) is 4.79 Å². The number of hydrogen-bond acceptors (Lipinski definition) is 2. The molecule has 0 aliphatic rings. The van der Waals surface area contributed by atoms with Crippen molar-refractivity contribution in [2.45, 2.75) is 12.8 Å². The molecular formula is C8H12N2OS. The highest BCUT2D eigenvalue weighted by atomic mass is 32.2. The van der Waals surface area contributed by atoms with Crippen molar-refractivity contribution < 1.29 is 9.58 Å². The Balaban J connectivity index is 3.25. The summed E-state index contributed by atoms with van der Waals surface area (Å²) in [5.74, 6) is 1.73. The fraction of sp³-hybridized carbons (Fsp3) is 0.500. The van der Waals surface area contributed by atoms with E-state index >= 15 is 0 Å². The number of nitrogens with zero attached hydrogens (tertiary/aromatic N) is 2. The predicted molar refractivity (Wildman–Crippen MR) is 51.4 cm³/mol. The van der Waals surface area contributed by atoms with Crippen molar-refractivity contribution in [3.63, 3.8) is 0 Å². The summed E-state index contributed by atoms with van der Waals surface area (Å²) in [6, 6.07) is 0. The monoisotopic (exact) mass is 184 g/mol. The van der Waals surface area contributed by atoms with Crippen LogP contribution in [0, 0.1) is 0 Å². The molecule has 12 heavy (non-hydrogen) atoms.